The van der Waals surface area contributed by atoms with Crippen LogP contribution in [0.25, 0.3) is 0 Å². The molecule has 0 bridgehead atoms. The molecule has 0 aliphatic rings. The summed E-state index contributed by atoms with van der Waals surface area (Å²) < 4.78 is 25.4. The van der Waals surface area contributed by atoms with Gasteiger partial charge < -0.3 is 13.8 Å². The van der Waals surface area contributed by atoms with Crippen molar-refractivity contribution in [3.63, 3.8) is 0 Å². The number of ether oxygens (including phenoxy) is 1. The molecule has 0 radical (unpaired) electrons. The van der Waals surface area contributed by atoms with E-state index in [-0.39, 0.29) is 12.2 Å². The number of allylic oxidation sites excluding steroid dienone is 1. The maximum atomic E-state index is 11.6. The topological polar surface area (TPSA) is 78.9 Å². The Morgan fingerprint density at radius 2 is 1.76 bits per heavy atom. The van der Waals surface area contributed by atoms with E-state index in [4.69, 9.17) is 0 Å². The summed E-state index contributed by atoms with van der Waals surface area (Å²) in [5, 5.41) is 0. The highest BCUT2D eigenvalue weighted by Crippen LogP contribution is 2.48. The van der Waals surface area contributed by atoms with Crippen LogP contribution < -0.4 is 0 Å². The van der Waals surface area contributed by atoms with Gasteiger partial charge in [0.05, 0.1) is 7.11 Å². The van der Waals surface area contributed by atoms with Crippen LogP contribution in [0.15, 0.2) is 11.9 Å². The first kappa shape index (κ1) is 16.0. The monoisotopic (exact) mass is 264 g/mol. The molecule has 0 spiro atoms. The molecule has 17 heavy (non-hydrogen) atoms. The Morgan fingerprint density at radius 3 is 2.12 bits per heavy atom. The SMILES string of the molecule is COC(=O)[C@@H](C/C=C/P(=O)(OC)OC)C(C)=O. The van der Waals surface area contributed by atoms with Crippen LogP contribution in [0.5, 0.6) is 0 Å². The number of ketones is 1. The average molecular weight is 264 g/mol. The van der Waals surface area contributed by atoms with Crippen molar-refractivity contribution in [3.8, 4) is 0 Å². The first-order valence-electron chi connectivity index (χ1n) is 4.87. The van der Waals surface area contributed by atoms with Crippen LogP contribution in [-0.4, -0.2) is 33.1 Å². The lowest BCUT2D eigenvalue weighted by molar-refractivity contribution is -0.148. The number of carbonyl (C=O) groups is 2. The standard InChI is InChI=1S/C10H17O6P/c1-8(11)9(10(12)14-2)6-5-7-17(13,15-3)16-4/h5,7,9H,6H2,1-4H3/b7-5+/t9-/m0/s1. The quantitative estimate of drug-likeness (QED) is 0.396. The van der Waals surface area contributed by atoms with Gasteiger partial charge in [-0.05, 0) is 13.3 Å². The number of hydrogen-bond acceptors (Lipinski definition) is 6. The number of hydrogen-bond donors (Lipinski definition) is 0. The van der Waals surface area contributed by atoms with Gasteiger partial charge in [-0.3, -0.25) is 14.2 Å². The summed E-state index contributed by atoms with van der Waals surface area (Å²) in [6.45, 7) is 1.29. The van der Waals surface area contributed by atoms with Gasteiger partial charge in [-0.25, -0.2) is 0 Å². The molecular formula is C10H17O6P. The van der Waals surface area contributed by atoms with E-state index in [1.54, 1.807) is 0 Å². The van der Waals surface area contributed by atoms with E-state index in [9.17, 15) is 14.2 Å². The maximum Gasteiger partial charge on any atom is 0.353 e. The molecule has 0 fully saturated rings. The van der Waals surface area contributed by atoms with Gasteiger partial charge in [0.1, 0.15) is 11.7 Å². The maximum absolute atomic E-state index is 11.6. The van der Waals surface area contributed by atoms with Crippen molar-refractivity contribution in [1.29, 1.82) is 0 Å². The lowest BCUT2D eigenvalue weighted by atomic mass is 10.0. The number of methoxy groups -OCH3 is 1. The Balaban J connectivity index is 4.61. The molecule has 98 valence electrons. The van der Waals surface area contributed by atoms with Gasteiger partial charge in [0, 0.05) is 20.0 Å². The highest BCUT2D eigenvalue weighted by molar-refractivity contribution is 7.57. The molecule has 0 aliphatic heterocycles. The van der Waals surface area contributed by atoms with E-state index in [0.29, 0.717) is 0 Å². The molecule has 0 heterocycles. The van der Waals surface area contributed by atoms with E-state index in [0.717, 1.165) is 0 Å². The summed E-state index contributed by atoms with van der Waals surface area (Å²) in [4.78, 5) is 22.4. The van der Waals surface area contributed by atoms with E-state index < -0.39 is 19.5 Å². The van der Waals surface area contributed by atoms with Crippen LogP contribution >= 0.6 is 7.60 Å². The van der Waals surface area contributed by atoms with Gasteiger partial charge in [0.25, 0.3) is 0 Å². The Hall–Kier alpha value is -0.970. The van der Waals surface area contributed by atoms with Crippen LogP contribution in [0.2, 0.25) is 0 Å². The van der Waals surface area contributed by atoms with Crippen LogP contribution in [0.1, 0.15) is 13.3 Å². The summed E-state index contributed by atoms with van der Waals surface area (Å²) in [5.74, 6) is -0.609. The fourth-order valence-electron chi connectivity index (χ4n) is 1.09. The largest absolute Gasteiger partial charge is 0.468 e. The normalized spacial score (nSPS) is 13.6. The predicted octanol–water partition coefficient (Wildman–Crippen LogP) is 1.75. The van der Waals surface area contributed by atoms with Crippen LogP contribution in [0.3, 0.4) is 0 Å². The Bertz CT molecular complexity index is 341. The first-order chi connectivity index (χ1) is 7.90. The van der Waals surface area contributed by atoms with Crippen LogP contribution in [0, 0.1) is 5.92 Å². The van der Waals surface area contributed by atoms with E-state index in [1.807, 2.05) is 0 Å². The molecule has 0 saturated carbocycles. The van der Waals surface area contributed by atoms with Crippen molar-refractivity contribution in [2.24, 2.45) is 5.92 Å². The molecule has 0 N–H and O–H groups in total. The fraction of sp³-hybridized carbons (Fsp3) is 0.600. The fourth-order valence-corrected chi connectivity index (χ4v) is 1.87. The minimum atomic E-state index is -3.25. The molecule has 0 aromatic carbocycles. The summed E-state index contributed by atoms with van der Waals surface area (Å²) in [6, 6.07) is 0. The molecule has 0 aliphatic carbocycles. The second-order valence-electron chi connectivity index (χ2n) is 3.21. The van der Waals surface area contributed by atoms with Gasteiger partial charge in [-0.1, -0.05) is 6.08 Å². The van der Waals surface area contributed by atoms with Gasteiger partial charge in [-0.15, -0.1) is 0 Å². The Morgan fingerprint density at radius 1 is 1.24 bits per heavy atom. The summed E-state index contributed by atoms with van der Waals surface area (Å²) in [7, 11) is 0.450. The minimum Gasteiger partial charge on any atom is -0.468 e. The first-order valence-corrected chi connectivity index (χ1v) is 6.48. The van der Waals surface area contributed by atoms with Crippen molar-refractivity contribution >= 4 is 19.3 Å². The molecular weight excluding hydrogens is 247 g/mol. The van der Waals surface area contributed by atoms with Crippen molar-refractivity contribution in [1.82, 2.24) is 0 Å². The van der Waals surface area contributed by atoms with E-state index in [2.05, 4.69) is 13.8 Å². The Labute approximate surface area is 100 Å². The minimum absolute atomic E-state index is 0.0959. The summed E-state index contributed by atoms with van der Waals surface area (Å²) >= 11 is 0. The van der Waals surface area contributed by atoms with Crippen molar-refractivity contribution in [3.05, 3.63) is 11.9 Å². The molecule has 7 heteroatoms. The molecule has 0 unspecified atom stereocenters. The van der Waals surface area contributed by atoms with Crippen molar-refractivity contribution in [2.45, 2.75) is 13.3 Å². The van der Waals surface area contributed by atoms with Crippen molar-refractivity contribution < 1.29 is 27.9 Å². The van der Waals surface area contributed by atoms with Crippen LogP contribution in [0.4, 0.5) is 0 Å². The third kappa shape index (κ3) is 5.26. The number of Topliss-reactive ketones (excluding diaryl/α,β-unsaturated/α-hetero) is 1. The predicted molar refractivity (Wildman–Crippen MR) is 61.6 cm³/mol. The van der Waals surface area contributed by atoms with Gasteiger partial charge in [0.2, 0.25) is 0 Å². The van der Waals surface area contributed by atoms with Crippen molar-refractivity contribution in [2.75, 3.05) is 21.3 Å². The van der Waals surface area contributed by atoms with E-state index in [1.165, 1.54) is 40.1 Å². The third-order valence-electron chi connectivity index (χ3n) is 2.15. The number of esters is 1. The lowest BCUT2D eigenvalue weighted by Gasteiger charge is -2.10. The van der Waals surface area contributed by atoms with Gasteiger partial charge >= 0.3 is 13.6 Å². The second-order valence-corrected chi connectivity index (χ2v) is 5.32. The van der Waals surface area contributed by atoms with Crippen LogP contribution in [-0.2, 0) is 27.9 Å². The molecule has 6 nitrogen and oxygen atoms in total. The highest BCUT2D eigenvalue weighted by Gasteiger charge is 2.23. The van der Waals surface area contributed by atoms with Gasteiger partial charge in [0.15, 0.2) is 0 Å². The zero-order chi connectivity index (χ0) is 13.5. The third-order valence-corrected chi connectivity index (χ3v) is 3.74. The zero-order valence-corrected chi connectivity index (χ0v) is 11.2. The zero-order valence-electron chi connectivity index (χ0n) is 10.3. The molecule has 0 rings (SSSR count). The Kier molecular flexibility index (Phi) is 6.95. The molecule has 0 amide bonds. The smallest absolute Gasteiger partial charge is 0.353 e. The van der Waals surface area contributed by atoms with Gasteiger partial charge in [-0.2, -0.15) is 0 Å². The summed E-state index contributed by atoms with van der Waals surface area (Å²) in [6.07, 6.45) is 1.51. The second kappa shape index (κ2) is 7.37. The molecule has 0 aromatic rings. The van der Waals surface area contributed by atoms with E-state index >= 15 is 0 Å². The number of carbonyl (C=O) groups excluding carboxylic acids is 2. The lowest BCUT2D eigenvalue weighted by Crippen LogP contribution is -2.22. The highest BCUT2D eigenvalue weighted by atomic mass is 31.2. The molecule has 0 saturated heterocycles. The summed E-state index contributed by atoms with van der Waals surface area (Å²) in [5.41, 5.74) is 0. The molecule has 1 atom stereocenters. The molecule has 0 aromatic heterocycles. The number of rotatable bonds is 7. The average Bonchev–Trinajstić information content (AvgIpc) is 2.33.